The Bertz CT molecular complexity index is 235. The van der Waals surface area contributed by atoms with Gasteiger partial charge in [0.1, 0.15) is 0 Å². The van der Waals surface area contributed by atoms with Crippen molar-refractivity contribution in [1.29, 1.82) is 0 Å². The smallest absolute Gasteiger partial charge is 0.240 e. The Morgan fingerprint density at radius 3 is 2.81 bits per heavy atom. The van der Waals surface area contributed by atoms with Gasteiger partial charge in [-0.1, -0.05) is 20.3 Å². The van der Waals surface area contributed by atoms with Crippen molar-refractivity contribution in [2.45, 2.75) is 57.5 Å². The minimum absolute atomic E-state index is 0.00105. The summed E-state index contributed by atoms with van der Waals surface area (Å²) in [6, 6.07) is 0.00105. The number of thioether (sulfide) groups is 1. The monoisotopic (exact) mass is 244 g/mol. The molecule has 0 aromatic carbocycles. The number of nitrogens with zero attached hydrogens (tertiary/aromatic N) is 1. The van der Waals surface area contributed by atoms with Gasteiger partial charge in [0.05, 0.1) is 12.2 Å². The van der Waals surface area contributed by atoms with Crippen LogP contribution in [0.5, 0.6) is 0 Å². The van der Waals surface area contributed by atoms with Gasteiger partial charge in [-0.15, -0.1) is 0 Å². The Morgan fingerprint density at radius 1 is 1.56 bits per heavy atom. The van der Waals surface area contributed by atoms with Gasteiger partial charge >= 0.3 is 0 Å². The van der Waals surface area contributed by atoms with Gasteiger partial charge in [-0.05, 0) is 26.0 Å². The number of nitrogens with one attached hydrogen (secondary N) is 1. The Labute approximate surface area is 103 Å². The van der Waals surface area contributed by atoms with E-state index in [1.54, 1.807) is 0 Å². The molecule has 94 valence electrons. The van der Waals surface area contributed by atoms with Crippen LogP contribution in [0.15, 0.2) is 0 Å². The van der Waals surface area contributed by atoms with Gasteiger partial charge in [-0.2, -0.15) is 11.8 Å². The molecule has 0 radical (unpaired) electrons. The summed E-state index contributed by atoms with van der Waals surface area (Å²) >= 11 is 1.87. The summed E-state index contributed by atoms with van der Waals surface area (Å²) in [6.07, 6.45) is 5.65. The SMILES string of the molecule is CCCC1NC(C)C(=O)N1CCC(C)SC. The van der Waals surface area contributed by atoms with Crippen molar-refractivity contribution in [1.82, 2.24) is 10.2 Å². The first-order valence-electron chi connectivity index (χ1n) is 6.19. The Morgan fingerprint density at radius 2 is 2.25 bits per heavy atom. The van der Waals surface area contributed by atoms with E-state index in [4.69, 9.17) is 0 Å². The molecule has 16 heavy (non-hydrogen) atoms. The molecule has 1 fully saturated rings. The Kier molecular flexibility index (Phi) is 5.62. The van der Waals surface area contributed by atoms with Crippen molar-refractivity contribution in [3.05, 3.63) is 0 Å². The summed E-state index contributed by atoms with van der Waals surface area (Å²) in [5.41, 5.74) is 0. The van der Waals surface area contributed by atoms with Crippen molar-refractivity contribution < 1.29 is 4.79 Å². The van der Waals surface area contributed by atoms with Gasteiger partial charge in [0, 0.05) is 11.8 Å². The van der Waals surface area contributed by atoms with Gasteiger partial charge in [0.15, 0.2) is 0 Å². The Balaban J connectivity index is 2.49. The highest BCUT2D eigenvalue weighted by atomic mass is 32.2. The van der Waals surface area contributed by atoms with Crippen molar-refractivity contribution in [2.75, 3.05) is 12.8 Å². The molecule has 1 aliphatic rings. The van der Waals surface area contributed by atoms with E-state index >= 15 is 0 Å². The van der Waals surface area contributed by atoms with Gasteiger partial charge < -0.3 is 4.90 Å². The summed E-state index contributed by atoms with van der Waals surface area (Å²) in [4.78, 5) is 14.0. The molecule has 3 atom stereocenters. The van der Waals surface area contributed by atoms with E-state index < -0.39 is 0 Å². The summed E-state index contributed by atoms with van der Waals surface area (Å²) < 4.78 is 0. The highest BCUT2D eigenvalue weighted by Crippen LogP contribution is 2.18. The van der Waals surface area contributed by atoms with Crippen LogP contribution in [-0.4, -0.2) is 41.1 Å². The summed E-state index contributed by atoms with van der Waals surface area (Å²) in [7, 11) is 0. The zero-order valence-electron chi connectivity index (χ0n) is 10.8. The predicted molar refractivity (Wildman–Crippen MR) is 70.6 cm³/mol. The fraction of sp³-hybridized carbons (Fsp3) is 0.917. The Hall–Kier alpha value is -0.220. The van der Waals surface area contributed by atoms with Crippen LogP contribution in [0.4, 0.5) is 0 Å². The van der Waals surface area contributed by atoms with Crippen LogP contribution in [0.25, 0.3) is 0 Å². The normalized spacial score (nSPS) is 27.5. The summed E-state index contributed by atoms with van der Waals surface area (Å²) in [5.74, 6) is 0.270. The van der Waals surface area contributed by atoms with Crippen molar-refractivity contribution >= 4 is 17.7 Å². The van der Waals surface area contributed by atoms with Crippen molar-refractivity contribution in [3.8, 4) is 0 Å². The van der Waals surface area contributed by atoms with E-state index in [0.717, 1.165) is 25.8 Å². The molecule has 1 heterocycles. The van der Waals surface area contributed by atoms with Crippen LogP contribution >= 0.6 is 11.8 Å². The first-order valence-corrected chi connectivity index (χ1v) is 7.48. The molecule has 1 aliphatic heterocycles. The van der Waals surface area contributed by atoms with Crippen LogP contribution in [0, 0.1) is 0 Å². The first-order chi connectivity index (χ1) is 7.60. The topological polar surface area (TPSA) is 32.3 Å². The number of rotatable bonds is 6. The maximum Gasteiger partial charge on any atom is 0.240 e. The number of hydrogen-bond donors (Lipinski definition) is 1. The third-order valence-corrected chi connectivity index (χ3v) is 4.25. The molecular formula is C12H24N2OS. The highest BCUT2D eigenvalue weighted by Gasteiger charge is 2.34. The summed E-state index contributed by atoms with van der Waals surface area (Å²) in [5, 5.41) is 4.00. The highest BCUT2D eigenvalue weighted by molar-refractivity contribution is 7.99. The number of carbonyl (C=O) groups is 1. The fourth-order valence-electron chi connectivity index (χ4n) is 2.07. The van der Waals surface area contributed by atoms with Crippen molar-refractivity contribution in [2.24, 2.45) is 0 Å². The molecule has 1 rings (SSSR count). The van der Waals surface area contributed by atoms with Crippen LogP contribution in [0.2, 0.25) is 0 Å². The second-order valence-corrected chi connectivity index (χ2v) is 5.84. The molecule has 1 amide bonds. The standard InChI is InChI=1S/C12H24N2OS/c1-5-6-11-13-10(3)12(15)14(11)8-7-9(2)16-4/h9-11,13H,5-8H2,1-4H3. The molecule has 1 N–H and O–H groups in total. The molecule has 0 bridgehead atoms. The van der Waals surface area contributed by atoms with E-state index in [1.165, 1.54) is 0 Å². The molecule has 0 saturated carbocycles. The molecule has 3 unspecified atom stereocenters. The molecule has 1 saturated heterocycles. The van der Waals surface area contributed by atoms with E-state index in [9.17, 15) is 4.79 Å². The van der Waals surface area contributed by atoms with E-state index in [0.29, 0.717) is 5.25 Å². The molecular weight excluding hydrogens is 220 g/mol. The zero-order chi connectivity index (χ0) is 12.1. The molecule has 3 nitrogen and oxygen atoms in total. The fourth-order valence-corrected chi connectivity index (χ4v) is 2.41. The molecule has 0 aromatic heterocycles. The molecule has 0 spiro atoms. The van der Waals surface area contributed by atoms with Gasteiger partial charge in [-0.3, -0.25) is 10.1 Å². The molecule has 4 heteroatoms. The number of amides is 1. The second-order valence-electron chi connectivity index (χ2n) is 4.56. The predicted octanol–water partition coefficient (Wildman–Crippen LogP) is 2.07. The number of carbonyl (C=O) groups excluding carboxylic acids is 1. The number of hydrogen-bond acceptors (Lipinski definition) is 3. The van der Waals surface area contributed by atoms with Crippen molar-refractivity contribution in [3.63, 3.8) is 0 Å². The largest absolute Gasteiger partial charge is 0.326 e. The van der Waals surface area contributed by atoms with E-state index in [2.05, 4.69) is 25.4 Å². The third kappa shape index (κ3) is 3.39. The molecule has 0 aliphatic carbocycles. The third-order valence-electron chi connectivity index (χ3n) is 3.21. The lowest BCUT2D eigenvalue weighted by molar-refractivity contribution is -0.129. The minimum atomic E-state index is 0.00105. The lowest BCUT2D eigenvalue weighted by atomic mass is 10.2. The quantitative estimate of drug-likeness (QED) is 0.776. The molecule has 0 aromatic rings. The van der Waals surface area contributed by atoms with Crippen LogP contribution in [-0.2, 0) is 4.79 Å². The van der Waals surface area contributed by atoms with Crippen LogP contribution in [0.3, 0.4) is 0 Å². The van der Waals surface area contributed by atoms with Crippen LogP contribution in [0.1, 0.15) is 40.0 Å². The second kappa shape index (κ2) is 6.50. The lowest BCUT2D eigenvalue weighted by Gasteiger charge is -2.25. The average Bonchev–Trinajstić information content (AvgIpc) is 2.53. The zero-order valence-corrected chi connectivity index (χ0v) is 11.6. The first kappa shape index (κ1) is 13.8. The van der Waals surface area contributed by atoms with Gasteiger partial charge in [0.2, 0.25) is 5.91 Å². The average molecular weight is 244 g/mol. The van der Waals surface area contributed by atoms with Crippen LogP contribution < -0.4 is 5.32 Å². The van der Waals surface area contributed by atoms with E-state index in [1.807, 2.05) is 23.6 Å². The van der Waals surface area contributed by atoms with Gasteiger partial charge in [0.25, 0.3) is 0 Å². The maximum absolute atomic E-state index is 11.9. The minimum Gasteiger partial charge on any atom is -0.326 e. The summed E-state index contributed by atoms with van der Waals surface area (Å²) in [6.45, 7) is 7.24. The van der Waals surface area contributed by atoms with E-state index in [-0.39, 0.29) is 18.1 Å². The maximum atomic E-state index is 11.9. The van der Waals surface area contributed by atoms with Gasteiger partial charge in [-0.25, -0.2) is 0 Å². The lowest BCUT2D eigenvalue weighted by Crippen LogP contribution is -2.38.